The molecule has 0 aliphatic heterocycles. The number of sulfone groups is 1. The van der Waals surface area contributed by atoms with Crippen LogP contribution in [0.2, 0.25) is 0 Å². The summed E-state index contributed by atoms with van der Waals surface area (Å²) in [5.41, 5.74) is 5.51. The highest BCUT2D eigenvalue weighted by Crippen LogP contribution is 2.30. The van der Waals surface area contributed by atoms with Crippen molar-refractivity contribution in [3.63, 3.8) is 0 Å². The van der Waals surface area contributed by atoms with Gasteiger partial charge in [0.2, 0.25) is 0 Å². The second-order valence-electron chi connectivity index (χ2n) is 3.56. The molecule has 0 unspecified atom stereocenters. The number of benzene rings is 1. The highest BCUT2D eigenvalue weighted by molar-refractivity contribution is 7.90. The van der Waals surface area contributed by atoms with Gasteiger partial charge in [0.15, 0.2) is 0 Å². The third-order valence-corrected chi connectivity index (χ3v) is 2.98. The Morgan fingerprint density at radius 2 is 2.12 bits per heavy atom. The van der Waals surface area contributed by atoms with E-state index < -0.39 is 14.8 Å². The summed E-state index contributed by atoms with van der Waals surface area (Å²) in [4.78, 5) is 10.2. The first-order chi connectivity index (χ1) is 7.81. The van der Waals surface area contributed by atoms with Gasteiger partial charge in [0.1, 0.15) is 21.2 Å². The maximum absolute atomic E-state index is 10.9. The Balaban J connectivity index is 2.85. The zero-order valence-electron chi connectivity index (χ0n) is 9.21. The lowest BCUT2D eigenvalue weighted by molar-refractivity contribution is -0.383. The highest BCUT2D eigenvalue weighted by atomic mass is 32.2. The molecule has 0 atom stereocenters. The molecule has 0 aliphatic rings. The van der Waals surface area contributed by atoms with E-state index in [0.717, 1.165) is 6.26 Å². The Morgan fingerprint density at radius 1 is 1.47 bits per heavy atom. The number of hydrogen-bond acceptors (Lipinski definition) is 6. The number of hydrogen-bond donors (Lipinski definition) is 2. The molecule has 7 nitrogen and oxygen atoms in total. The number of nitrogens with zero attached hydrogens (tertiary/aromatic N) is 1. The summed E-state index contributed by atoms with van der Waals surface area (Å²) in [6, 6.07) is 4.46. The average molecular weight is 259 g/mol. The molecule has 0 aromatic heterocycles. The summed E-state index contributed by atoms with van der Waals surface area (Å²) in [7, 11) is -3.10. The van der Waals surface area contributed by atoms with E-state index in [9.17, 15) is 18.5 Å². The topological polar surface area (TPSA) is 115 Å². The monoisotopic (exact) mass is 259 g/mol. The maximum Gasteiger partial charge on any atom is 0.314 e. The number of anilines is 2. The Bertz CT molecular complexity index is 527. The molecule has 0 aliphatic carbocycles. The van der Waals surface area contributed by atoms with Gasteiger partial charge in [-0.15, -0.1) is 0 Å². The number of nitrogens with two attached hydrogens (primary N) is 1. The molecule has 8 heteroatoms. The van der Waals surface area contributed by atoms with Crippen LogP contribution in [0.15, 0.2) is 18.2 Å². The van der Waals surface area contributed by atoms with E-state index >= 15 is 0 Å². The van der Waals surface area contributed by atoms with Crippen LogP contribution in [-0.2, 0) is 9.84 Å². The summed E-state index contributed by atoms with van der Waals surface area (Å²) in [5, 5.41) is 13.5. The van der Waals surface area contributed by atoms with Gasteiger partial charge in [-0.25, -0.2) is 8.42 Å². The number of para-hydroxylation sites is 1. The van der Waals surface area contributed by atoms with E-state index in [1.54, 1.807) is 6.07 Å². The third kappa shape index (κ3) is 3.91. The summed E-state index contributed by atoms with van der Waals surface area (Å²) in [5.74, 6) is -0.0983. The Morgan fingerprint density at radius 3 is 2.65 bits per heavy atom. The minimum Gasteiger partial charge on any atom is -0.393 e. The fourth-order valence-corrected chi connectivity index (χ4v) is 1.75. The molecular formula is C9H13N3O4S. The third-order valence-electron chi connectivity index (χ3n) is 2.04. The van der Waals surface area contributed by atoms with Crippen molar-refractivity contribution in [3.8, 4) is 0 Å². The SMILES string of the molecule is CS(=O)(=O)CCNc1cccc(N)c1[N+](=O)[O-]. The highest BCUT2D eigenvalue weighted by Gasteiger charge is 2.17. The van der Waals surface area contributed by atoms with Gasteiger partial charge in [-0.1, -0.05) is 6.07 Å². The molecule has 0 fully saturated rings. The average Bonchev–Trinajstić information content (AvgIpc) is 2.14. The van der Waals surface area contributed by atoms with Crippen molar-refractivity contribution in [3.05, 3.63) is 28.3 Å². The van der Waals surface area contributed by atoms with Crippen molar-refractivity contribution in [1.29, 1.82) is 0 Å². The second-order valence-corrected chi connectivity index (χ2v) is 5.82. The van der Waals surface area contributed by atoms with Crippen LogP contribution in [0.25, 0.3) is 0 Å². The first-order valence-electron chi connectivity index (χ1n) is 4.76. The molecule has 0 heterocycles. The molecule has 0 saturated heterocycles. The standard InChI is InChI=1S/C9H13N3O4S/c1-17(15,16)6-5-11-8-4-2-3-7(10)9(8)12(13)14/h2-4,11H,5-6,10H2,1H3. The lowest BCUT2D eigenvalue weighted by Crippen LogP contribution is -2.15. The maximum atomic E-state index is 10.9. The number of nitrogens with one attached hydrogen (secondary N) is 1. The fourth-order valence-electron chi connectivity index (χ4n) is 1.28. The van der Waals surface area contributed by atoms with E-state index in [-0.39, 0.29) is 29.4 Å². The quantitative estimate of drug-likeness (QED) is 0.455. The Hall–Kier alpha value is -1.83. The lowest BCUT2D eigenvalue weighted by atomic mass is 10.2. The predicted octanol–water partition coefficient (Wildman–Crippen LogP) is 0.633. The summed E-state index contributed by atoms with van der Waals surface area (Å²) >= 11 is 0. The van der Waals surface area contributed by atoms with E-state index in [4.69, 9.17) is 5.73 Å². The normalized spacial score (nSPS) is 11.1. The van der Waals surface area contributed by atoms with Crippen LogP contribution < -0.4 is 11.1 Å². The largest absolute Gasteiger partial charge is 0.393 e. The van der Waals surface area contributed by atoms with E-state index in [0.29, 0.717) is 0 Å². The summed E-state index contributed by atoms with van der Waals surface area (Å²) < 4.78 is 21.8. The summed E-state index contributed by atoms with van der Waals surface area (Å²) in [6.45, 7) is 0.100. The number of rotatable bonds is 5. The minimum absolute atomic E-state index is 0.0411. The molecule has 94 valence electrons. The molecule has 0 saturated carbocycles. The molecule has 1 rings (SSSR count). The zero-order chi connectivity index (χ0) is 13.1. The second kappa shape index (κ2) is 5.00. The molecule has 0 bridgehead atoms. The van der Waals surface area contributed by atoms with E-state index in [1.165, 1.54) is 12.1 Å². The molecule has 3 N–H and O–H groups in total. The first kappa shape index (κ1) is 13.2. The van der Waals surface area contributed by atoms with E-state index in [1.807, 2.05) is 0 Å². The van der Waals surface area contributed by atoms with Crippen LogP contribution in [0.4, 0.5) is 17.1 Å². The predicted molar refractivity (Wildman–Crippen MR) is 65.7 cm³/mol. The number of nitrogen functional groups attached to an aromatic ring is 1. The zero-order valence-corrected chi connectivity index (χ0v) is 10.0. The smallest absolute Gasteiger partial charge is 0.314 e. The molecule has 17 heavy (non-hydrogen) atoms. The van der Waals surface area contributed by atoms with Crippen molar-refractivity contribution in [2.75, 3.05) is 29.6 Å². The Kier molecular flexibility index (Phi) is 3.89. The molecule has 0 spiro atoms. The van der Waals surface area contributed by atoms with Crippen molar-refractivity contribution in [2.45, 2.75) is 0 Å². The fraction of sp³-hybridized carbons (Fsp3) is 0.333. The van der Waals surface area contributed by atoms with Crippen molar-refractivity contribution < 1.29 is 13.3 Å². The molecule has 0 amide bonds. The van der Waals surface area contributed by atoms with Crippen LogP contribution in [-0.4, -0.2) is 31.9 Å². The van der Waals surface area contributed by atoms with Gasteiger partial charge in [0.25, 0.3) is 0 Å². The van der Waals surface area contributed by atoms with E-state index in [2.05, 4.69) is 5.32 Å². The van der Waals surface area contributed by atoms with Gasteiger partial charge in [0, 0.05) is 12.8 Å². The van der Waals surface area contributed by atoms with Crippen LogP contribution in [0.3, 0.4) is 0 Å². The van der Waals surface area contributed by atoms with Crippen LogP contribution >= 0.6 is 0 Å². The summed E-state index contributed by atoms with van der Waals surface area (Å²) in [6.07, 6.45) is 1.10. The van der Waals surface area contributed by atoms with Crippen molar-refractivity contribution in [2.24, 2.45) is 0 Å². The van der Waals surface area contributed by atoms with Crippen molar-refractivity contribution >= 4 is 26.9 Å². The molecule has 1 aromatic rings. The Labute approximate surface area is 98.7 Å². The van der Waals surface area contributed by atoms with Crippen LogP contribution in [0.1, 0.15) is 0 Å². The van der Waals surface area contributed by atoms with Gasteiger partial charge in [0.05, 0.1) is 10.7 Å². The van der Waals surface area contributed by atoms with Gasteiger partial charge in [-0.05, 0) is 12.1 Å². The number of nitro benzene ring substituents is 1. The van der Waals surface area contributed by atoms with Gasteiger partial charge in [-0.2, -0.15) is 0 Å². The lowest BCUT2D eigenvalue weighted by Gasteiger charge is -2.07. The molecular weight excluding hydrogens is 246 g/mol. The molecule has 0 radical (unpaired) electrons. The van der Waals surface area contributed by atoms with Crippen LogP contribution in [0.5, 0.6) is 0 Å². The van der Waals surface area contributed by atoms with Gasteiger partial charge in [-0.3, -0.25) is 10.1 Å². The van der Waals surface area contributed by atoms with Gasteiger partial charge < -0.3 is 11.1 Å². The molecule has 1 aromatic carbocycles. The van der Waals surface area contributed by atoms with Crippen LogP contribution in [0, 0.1) is 10.1 Å². The van der Waals surface area contributed by atoms with Crippen molar-refractivity contribution in [1.82, 2.24) is 0 Å². The number of nitro groups is 1. The van der Waals surface area contributed by atoms with Gasteiger partial charge >= 0.3 is 5.69 Å². The first-order valence-corrected chi connectivity index (χ1v) is 6.82. The minimum atomic E-state index is -3.10.